The van der Waals surface area contributed by atoms with Gasteiger partial charge in [-0.2, -0.15) is 0 Å². The lowest BCUT2D eigenvalue weighted by molar-refractivity contribution is -0.136. The van der Waals surface area contributed by atoms with Gasteiger partial charge < -0.3 is 14.5 Å². The van der Waals surface area contributed by atoms with E-state index in [-0.39, 0.29) is 18.1 Å². The lowest BCUT2D eigenvalue weighted by Crippen LogP contribution is -2.51. The number of hydrogen-bond acceptors (Lipinski definition) is 6. The minimum absolute atomic E-state index is 0.114. The number of oxime groups is 1. The second-order valence-electron chi connectivity index (χ2n) is 8.75. The molecule has 0 spiro atoms. The fourth-order valence-electron chi connectivity index (χ4n) is 5.93. The Morgan fingerprint density at radius 1 is 1.28 bits per heavy atom. The van der Waals surface area contributed by atoms with Crippen molar-refractivity contribution in [1.29, 1.82) is 0 Å². The van der Waals surface area contributed by atoms with Crippen molar-refractivity contribution in [3.63, 3.8) is 0 Å². The number of benzene rings is 1. The van der Waals surface area contributed by atoms with Crippen molar-refractivity contribution < 1.29 is 19.5 Å². The van der Waals surface area contributed by atoms with Crippen LogP contribution in [0.25, 0.3) is 16.6 Å². The summed E-state index contributed by atoms with van der Waals surface area (Å²) in [4.78, 5) is 28.2. The summed E-state index contributed by atoms with van der Waals surface area (Å²) in [5.41, 5.74) is 3.78. The largest absolute Gasteiger partial charge is 0.460 e. The van der Waals surface area contributed by atoms with Crippen LogP contribution >= 0.6 is 0 Å². The Balaban J connectivity index is 1.68. The summed E-state index contributed by atoms with van der Waals surface area (Å²) in [6.07, 6.45) is 6.03. The number of esters is 1. The SMILES string of the molecule is CCOC(=O)/C(=N/O)NC(=O)C1=C[C@]2(CC)CCCN3CCc4c(n1c1ccccc41)[C@@H]32. The molecule has 2 aromatic rings. The highest BCUT2D eigenvalue weighted by molar-refractivity contribution is 6.40. The Kier molecular flexibility index (Phi) is 5.04. The van der Waals surface area contributed by atoms with Crippen LogP contribution in [0.15, 0.2) is 35.5 Å². The van der Waals surface area contributed by atoms with Gasteiger partial charge in [0.1, 0.15) is 5.70 Å². The first kappa shape index (κ1) is 20.8. The quantitative estimate of drug-likeness (QED) is 0.253. The van der Waals surface area contributed by atoms with E-state index in [9.17, 15) is 14.8 Å². The number of fused-ring (bicyclic) bond motifs is 3. The number of carbonyl (C=O) groups excluding carboxylic acids is 2. The maximum absolute atomic E-state index is 13.5. The van der Waals surface area contributed by atoms with Gasteiger partial charge in [0.05, 0.1) is 18.2 Å². The molecule has 4 heterocycles. The number of nitrogens with one attached hydrogen (secondary N) is 1. The fraction of sp³-hybridized carbons (Fsp3) is 0.458. The first-order valence-electron chi connectivity index (χ1n) is 11.3. The smallest absolute Gasteiger partial charge is 0.377 e. The third-order valence-electron chi connectivity index (χ3n) is 7.28. The minimum Gasteiger partial charge on any atom is -0.460 e. The van der Waals surface area contributed by atoms with Crippen LogP contribution in [0, 0.1) is 5.41 Å². The van der Waals surface area contributed by atoms with Crippen LogP contribution in [-0.2, 0) is 20.7 Å². The highest BCUT2D eigenvalue weighted by Crippen LogP contribution is 2.56. The number of para-hydroxylation sites is 1. The van der Waals surface area contributed by atoms with Gasteiger partial charge >= 0.3 is 5.97 Å². The standard InChI is InChI=1S/C24H28N4O4/c1-3-24-11-7-12-27-13-10-16-15-8-5-6-9-17(15)28(19(16)20(24)27)18(14-24)22(29)25-21(26-31)23(30)32-4-2/h5-6,8-9,14,20,31H,3-4,7,10-13H2,1-2H3,(H,25,26,29)/t20-,24+/m1/s1. The minimum atomic E-state index is -0.869. The van der Waals surface area contributed by atoms with Crippen LogP contribution in [0.2, 0.25) is 0 Å². The van der Waals surface area contributed by atoms with Crippen LogP contribution in [0.3, 0.4) is 0 Å². The van der Waals surface area contributed by atoms with Gasteiger partial charge in [-0.3, -0.25) is 15.0 Å². The Morgan fingerprint density at radius 3 is 2.84 bits per heavy atom. The van der Waals surface area contributed by atoms with Crippen LogP contribution in [0.4, 0.5) is 0 Å². The molecule has 0 unspecified atom stereocenters. The Morgan fingerprint density at radius 2 is 2.09 bits per heavy atom. The molecule has 1 amide bonds. The fourth-order valence-corrected chi connectivity index (χ4v) is 5.93. The Labute approximate surface area is 186 Å². The van der Waals surface area contributed by atoms with Gasteiger partial charge in [-0.05, 0) is 56.9 Å². The van der Waals surface area contributed by atoms with Crippen LogP contribution in [0.5, 0.6) is 0 Å². The van der Waals surface area contributed by atoms with E-state index in [1.807, 2.05) is 18.2 Å². The summed E-state index contributed by atoms with van der Waals surface area (Å²) >= 11 is 0. The normalized spacial score (nSPS) is 24.6. The molecule has 168 valence electrons. The number of carbonyl (C=O) groups is 2. The van der Waals surface area contributed by atoms with Crippen LogP contribution in [0.1, 0.15) is 50.4 Å². The molecular formula is C24H28N4O4. The molecule has 0 radical (unpaired) electrons. The van der Waals surface area contributed by atoms with Crippen molar-refractivity contribution in [1.82, 2.24) is 14.8 Å². The molecule has 32 heavy (non-hydrogen) atoms. The van der Waals surface area contributed by atoms with Gasteiger partial charge in [-0.15, -0.1) is 0 Å². The molecular weight excluding hydrogens is 408 g/mol. The summed E-state index contributed by atoms with van der Waals surface area (Å²) in [6, 6.07) is 8.40. The number of nitrogens with zero attached hydrogens (tertiary/aromatic N) is 3. The number of hydrogen-bond donors (Lipinski definition) is 2. The molecule has 1 aromatic heterocycles. The monoisotopic (exact) mass is 436 g/mol. The van der Waals surface area contributed by atoms with Crippen molar-refractivity contribution in [2.75, 3.05) is 19.7 Å². The molecule has 0 aliphatic carbocycles. The van der Waals surface area contributed by atoms with Gasteiger partial charge in [-0.1, -0.05) is 30.3 Å². The summed E-state index contributed by atoms with van der Waals surface area (Å²) in [5.74, 6) is -1.87. The zero-order valence-corrected chi connectivity index (χ0v) is 18.4. The van der Waals surface area contributed by atoms with Crippen molar-refractivity contribution in [2.24, 2.45) is 10.6 Å². The second-order valence-corrected chi connectivity index (χ2v) is 8.75. The predicted molar refractivity (Wildman–Crippen MR) is 120 cm³/mol. The van der Waals surface area contributed by atoms with E-state index in [0.717, 1.165) is 44.3 Å². The van der Waals surface area contributed by atoms with E-state index in [1.165, 1.54) is 16.6 Å². The molecule has 1 fully saturated rings. The van der Waals surface area contributed by atoms with Crippen molar-refractivity contribution in [2.45, 2.75) is 45.6 Å². The average Bonchev–Trinajstić information content (AvgIpc) is 3.16. The zero-order valence-electron chi connectivity index (χ0n) is 18.4. The molecule has 1 aromatic carbocycles. The molecule has 3 aliphatic rings. The van der Waals surface area contributed by atoms with E-state index in [2.05, 4.69) is 39.0 Å². The molecule has 8 heteroatoms. The summed E-state index contributed by atoms with van der Waals surface area (Å²) in [5, 5.41) is 15.9. The zero-order chi connectivity index (χ0) is 22.5. The number of piperidine rings is 1. The predicted octanol–water partition coefficient (Wildman–Crippen LogP) is 3.05. The number of amidine groups is 1. The average molecular weight is 437 g/mol. The first-order chi connectivity index (χ1) is 15.5. The molecule has 8 nitrogen and oxygen atoms in total. The van der Waals surface area contributed by atoms with Gasteiger partial charge in [0.2, 0.25) is 0 Å². The molecule has 2 N–H and O–H groups in total. The maximum Gasteiger partial charge on any atom is 0.377 e. The van der Waals surface area contributed by atoms with Gasteiger partial charge in [0.15, 0.2) is 0 Å². The topological polar surface area (TPSA) is 96.2 Å². The van der Waals surface area contributed by atoms with Gasteiger partial charge in [0.25, 0.3) is 11.7 Å². The van der Waals surface area contributed by atoms with Crippen molar-refractivity contribution in [3.8, 4) is 0 Å². The molecule has 1 saturated heterocycles. The highest BCUT2D eigenvalue weighted by atomic mass is 16.5. The van der Waals surface area contributed by atoms with Gasteiger partial charge in [-0.25, -0.2) is 4.79 Å². The molecule has 0 saturated carbocycles. The second kappa shape index (κ2) is 7.78. The summed E-state index contributed by atoms with van der Waals surface area (Å²) < 4.78 is 6.95. The van der Waals surface area contributed by atoms with E-state index in [0.29, 0.717) is 5.70 Å². The van der Waals surface area contributed by atoms with Gasteiger partial charge in [0, 0.05) is 23.0 Å². The molecule has 3 aliphatic heterocycles. The first-order valence-corrected chi connectivity index (χ1v) is 11.3. The number of rotatable bonds is 3. The molecule has 2 atom stereocenters. The van der Waals surface area contributed by atoms with E-state index in [1.54, 1.807) is 6.92 Å². The number of aromatic nitrogens is 1. The lowest BCUT2D eigenvalue weighted by Gasteiger charge is -2.53. The van der Waals surface area contributed by atoms with E-state index < -0.39 is 17.7 Å². The Hall–Kier alpha value is -3.13. The number of ether oxygens (including phenoxy) is 1. The highest BCUT2D eigenvalue weighted by Gasteiger charge is 2.51. The molecule has 0 bridgehead atoms. The summed E-state index contributed by atoms with van der Waals surface area (Å²) in [7, 11) is 0. The van der Waals surface area contributed by atoms with E-state index >= 15 is 0 Å². The summed E-state index contributed by atoms with van der Waals surface area (Å²) in [6.45, 7) is 6.03. The third-order valence-corrected chi connectivity index (χ3v) is 7.28. The Bertz CT molecular complexity index is 1160. The third kappa shape index (κ3) is 2.89. The van der Waals surface area contributed by atoms with Crippen LogP contribution < -0.4 is 5.32 Å². The van der Waals surface area contributed by atoms with Crippen molar-refractivity contribution in [3.05, 3.63) is 41.6 Å². The van der Waals surface area contributed by atoms with Crippen molar-refractivity contribution >= 4 is 34.3 Å². The molecule has 5 rings (SSSR count). The lowest BCUT2D eigenvalue weighted by atomic mass is 9.66. The number of amides is 1. The van der Waals surface area contributed by atoms with E-state index in [4.69, 9.17) is 4.74 Å². The maximum atomic E-state index is 13.5. The van der Waals surface area contributed by atoms with Crippen LogP contribution in [-0.4, -0.2) is 52.1 Å².